The van der Waals surface area contributed by atoms with Crippen LogP contribution in [0.15, 0.2) is 114 Å². The van der Waals surface area contributed by atoms with Gasteiger partial charge in [-0.05, 0) is 70.5 Å². The van der Waals surface area contributed by atoms with Gasteiger partial charge in [-0.15, -0.1) is 0 Å². The maximum atomic E-state index is 10.7. The molecule has 0 atom stereocenters. The number of aliphatic hydroxyl groups is 5. The van der Waals surface area contributed by atoms with Crippen molar-refractivity contribution in [3.8, 4) is 11.1 Å². The molecule has 0 radical (unpaired) electrons. The van der Waals surface area contributed by atoms with Gasteiger partial charge in [0.2, 0.25) is 0 Å². The van der Waals surface area contributed by atoms with Gasteiger partial charge >= 0.3 is 0 Å². The Bertz CT molecular complexity index is 1600. The van der Waals surface area contributed by atoms with Crippen LogP contribution in [-0.2, 0) is 18.4 Å². The average Bonchev–Trinajstić information content (AvgIpc) is 3.57. The number of hydrogen-bond donors (Lipinski definition) is 6. The van der Waals surface area contributed by atoms with Gasteiger partial charge in [0.25, 0.3) is 6.45 Å². The van der Waals surface area contributed by atoms with E-state index >= 15 is 0 Å². The molecule has 0 fully saturated rings. The Balaban J connectivity index is -0.000000363. The standard InChI is InChI=1S/C15H12O2.C10H21N3OSi.C10H22O2Si.C5H10O.C4H9NO.C4H8O2.CH4/c16-10-17-9-15-13-7-3-1-5-11(13)12-6-2-4-8-14(12)15;1-10(2,3)15(4,5)14-9-7-6-8-12-13-11;1-10(2,3)13(4,5)12-9-7-6-8-11;1-2-3-4-5-6;2*5-3-1-2-4-6;/h1-8,10,15H,9H2;6-7H,8-9H2,1-5H3;6-7,11H,8-9H2,1-5H3;3-4,6H,2,5H2,1H3;1-2,6H,3-5H2;1-2,5-6H,3-4H2;1H4/b;2*7-6-;4-3-;2*2-1-;/i10T;;;;;;. The SMILES string of the molecule is C.CC(C)(C)[Si](C)(C)OC/C=C\CN=[N+]=[N-].CC(C)(C)[Si](C)(C)OC/C=C\CO.CC/C=C\CO.NC/C=C\CO.OC/C=C\CO.[3H]C(=O)OCC1c2ccccc2-c2ccccc21. The van der Waals surface area contributed by atoms with Crippen molar-refractivity contribution < 1.29 is 45.3 Å². The summed E-state index contributed by atoms with van der Waals surface area (Å²) in [6.07, 6.45) is 17.3. The summed E-state index contributed by atoms with van der Waals surface area (Å²) in [7, 11) is -3.22. The minimum Gasteiger partial charge on any atom is -0.467 e. The van der Waals surface area contributed by atoms with Gasteiger partial charge in [0, 0.05) is 23.9 Å². The van der Waals surface area contributed by atoms with Gasteiger partial charge in [0.15, 0.2) is 18.0 Å². The van der Waals surface area contributed by atoms with E-state index in [4.69, 9.17) is 51.8 Å². The van der Waals surface area contributed by atoms with Crippen LogP contribution in [0.2, 0.25) is 36.3 Å². The van der Waals surface area contributed by atoms with E-state index < -0.39 is 23.1 Å². The topological polar surface area (TPSA) is 221 Å². The Morgan fingerprint density at radius 2 is 1.06 bits per heavy atom. The summed E-state index contributed by atoms with van der Waals surface area (Å²) in [5, 5.41) is 44.6. The summed E-state index contributed by atoms with van der Waals surface area (Å²) in [6, 6.07) is 16.3. The number of allylic oxidation sites excluding steroid dienone is 1. The summed E-state index contributed by atoms with van der Waals surface area (Å²) in [4.78, 5) is 13.3. The van der Waals surface area contributed by atoms with Crippen LogP contribution in [0.4, 0.5) is 0 Å². The van der Waals surface area contributed by atoms with Crippen LogP contribution < -0.4 is 5.73 Å². The fourth-order valence-electron chi connectivity index (χ4n) is 4.43. The van der Waals surface area contributed by atoms with Crippen molar-refractivity contribution in [3.63, 3.8) is 0 Å². The van der Waals surface area contributed by atoms with E-state index in [0.717, 1.165) is 6.42 Å². The first-order chi connectivity index (χ1) is 30.1. The molecule has 13 nitrogen and oxygen atoms in total. The second-order valence-corrected chi connectivity index (χ2v) is 26.2. The van der Waals surface area contributed by atoms with Crippen molar-refractivity contribution in [2.24, 2.45) is 10.8 Å². The number of nitrogens with zero attached hydrogens (tertiary/aromatic N) is 3. The number of nitrogens with two attached hydrogens (primary N) is 1. The average molecular weight is 933 g/mol. The maximum Gasteiger partial charge on any atom is 0.293 e. The van der Waals surface area contributed by atoms with E-state index in [1.54, 1.807) is 24.3 Å². The summed E-state index contributed by atoms with van der Waals surface area (Å²) < 4.78 is 23.4. The largest absolute Gasteiger partial charge is 0.467 e. The molecule has 1 aliphatic carbocycles. The first-order valence-electron chi connectivity index (χ1n) is 21.7. The summed E-state index contributed by atoms with van der Waals surface area (Å²) in [5.41, 5.74) is 17.8. The summed E-state index contributed by atoms with van der Waals surface area (Å²) in [5.74, 6) is 0.0479. The lowest BCUT2D eigenvalue weighted by Crippen LogP contribution is -2.40. The van der Waals surface area contributed by atoms with Crippen LogP contribution in [0.3, 0.4) is 0 Å². The molecule has 0 saturated heterocycles. The van der Waals surface area contributed by atoms with Crippen molar-refractivity contribution in [1.29, 1.82) is 0 Å². The highest BCUT2D eigenvalue weighted by molar-refractivity contribution is 6.74. The number of azide groups is 1. The van der Waals surface area contributed by atoms with Crippen LogP contribution in [-0.4, -0.2) is 115 Å². The van der Waals surface area contributed by atoms with Crippen LogP contribution in [0.1, 0.15) is 80.7 Å². The second kappa shape index (κ2) is 40.5. The number of carbonyl (C=O) groups is 1. The predicted octanol–water partition coefficient (Wildman–Crippen LogP) is 10.0. The molecule has 0 aromatic heterocycles. The van der Waals surface area contributed by atoms with Crippen LogP contribution in [0, 0.1) is 0 Å². The van der Waals surface area contributed by atoms with Gasteiger partial charge in [0.1, 0.15) is 6.61 Å². The van der Waals surface area contributed by atoms with E-state index in [1.807, 2.05) is 55.5 Å². The molecule has 0 heterocycles. The fraction of sp³-hybridized carbons (Fsp3) is 0.531. The number of ether oxygens (including phenoxy) is 1. The molecule has 3 rings (SSSR count). The van der Waals surface area contributed by atoms with E-state index in [2.05, 4.69) is 102 Å². The lowest BCUT2D eigenvalue weighted by atomic mass is 9.98. The first-order valence-corrected chi connectivity index (χ1v) is 27.1. The molecule has 15 heteroatoms. The Kier molecular flexibility index (Phi) is 40.7. The number of fused-ring (bicyclic) bond motifs is 3. The van der Waals surface area contributed by atoms with Gasteiger partial charge < -0.3 is 44.9 Å². The number of rotatable bonds is 17. The lowest BCUT2D eigenvalue weighted by molar-refractivity contribution is -0.128. The number of benzene rings is 2. The van der Waals surface area contributed by atoms with Crippen molar-refractivity contribution in [2.75, 3.05) is 65.9 Å². The quantitative estimate of drug-likeness (QED) is 0.0220. The van der Waals surface area contributed by atoms with Crippen molar-refractivity contribution >= 4 is 23.1 Å². The smallest absolute Gasteiger partial charge is 0.293 e. The van der Waals surface area contributed by atoms with Gasteiger partial charge in [-0.3, -0.25) is 4.79 Å². The van der Waals surface area contributed by atoms with Gasteiger partial charge in [0.05, 0.1) is 46.2 Å². The third-order valence-corrected chi connectivity index (χ3v) is 18.9. The van der Waals surface area contributed by atoms with Crippen molar-refractivity contribution in [2.45, 2.75) is 104 Å². The molecule has 0 aliphatic heterocycles. The van der Waals surface area contributed by atoms with Crippen molar-refractivity contribution in [3.05, 3.63) is 131 Å². The molecule has 0 bridgehead atoms. The molecule has 364 valence electrons. The second-order valence-electron chi connectivity index (χ2n) is 16.6. The number of aliphatic hydroxyl groups excluding tert-OH is 5. The molecular weight excluding hydrogens is 845 g/mol. The minimum absolute atomic E-state index is 0. The van der Waals surface area contributed by atoms with Gasteiger partial charge in [-0.1, -0.05) is 170 Å². The zero-order chi connectivity index (χ0) is 49.5. The zero-order valence-electron chi connectivity index (χ0n) is 41.0. The Morgan fingerprint density at radius 3 is 1.39 bits per heavy atom. The fourth-order valence-corrected chi connectivity index (χ4v) is 6.32. The Hall–Kier alpha value is -3.97. The molecule has 2 aromatic carbocycles. The monoisotopic (exact) mass is 933 g/mol. The van der Waals surface area contributed by atoms with E-state index in [9.17, 15) is 4.79 Å². The lowest BCUT2D eigenvalue weighted by Gasteiger charge is -2.35. The predicted molar refractivity (Wildman–Crippen MR) is 273 cm³/mol. The van der Waals surface area contributed by atoms with Crippen LogP contribution in [0.25, 0.3) is 21.6 Å². The third-order valence-electron chi connectivity index (χ3n) is 9.95. The minimum atomic E-state index is -1.63. The van der Waals surface area contributed by atoms with Crippen LogP contribution >= 0.6 is 0 Å². The van der Waals surface area contributed by atoms with E-state index in [1.165, 1.54) is 34.4 Å². The molecular formula is C49H86N4O9Si2. The van der Waals surface area contributed by atoms with Gasteiger partial charge in [-0.25, -0.2) is 0 Å². The Labute approximate surface area is 390 Å². The molecule has 0 saturated carbocycles. The summed E-state index contributed by atoms with van der Waals surface area (Å²) >= 11 is 0. The molecule has 0 spiro atoms. The molecule has 64 heavy (non-hydrogen) atoms. The molecule has 7 N–H and O–H groups in total. The first kappa shape index (κ1) is 64.3. The summed E-state index contributed by atoms with van der Waals surface area (Å²) in [6.45, 7) is 27.0. The van der Waals surface area contributed by atoms with Crippen molar-refractivity contribution in [1.82, 2.24) is 0 Å². The molecule has 0 amide bonds. The normalized spacial score (nSPS) is 12.4. The Morgan fingerprint density at radius 1 is 0.688 bits per heavy atom. The highest BCUT2D eigenvalue weighted by Gasteiger charge is 2.37. The maximum absolute atomic E-state index is 10.7. The highest BCUT2D eigenvalue weighted by Crippen LogP contribution is 2.44. The van der Waals surface area contributed by atoms with Crippen LogP contribution in [0.5, 0.6) is 0 Å². The van der Waals surface area contributed by atoms with E-state index in [-0.39, 0.29) is 63.1 Å². The third kappa shape index (κ3) is 31.8. The number of carbonyl (C=O) groups excluding carboxylic acids is 1. The zero-order valence-corrected chi connectivity index (χ0v) is 42.0. The van der Waals surface area contributed by atoms with Gasteiger partial charge in [-0.2, -0.15) is 0 Å². The molecule has 0 unspecified atom stereocenters. The van der Waals surface area contributed by atoms with E-state index in [0.29, 0.717) is 26.3 Å². The highest BCUT2D eigenvalue weighted by atomic mass is 28.4. The number of hydrogen-bond acceptors (Lipinski definition) is 11. The molecule has 1 aliphatic rings. The molecule has 2 aromatic rings.